The molecule has 0 spiro atoms. The van der Waals surface area contributed by atoms with Gasteiger partial charge in [-0.25, -0.2) is 0 Å². The molecule has 0 saturated carbocycles. The summed E-state index contributed by atoms with van der Waals surface area (Å²) >= 11 is 5.60. The number of rotatable bonds is 6. The van der Waals surface area contributed by atoms with E-state index < -0.39 is 0 Å². The molecule has 1 rings (SSSR count). The van der Waals surface area contributed by atoms with Gasteiger partial charge in [0.2, 0.25) is 0 Å². The molecule has 0 heterocycles. The third kappa shape index (κ3) is 5.44. The number of halogens is 1. The summed E-state index contributed by atoms with van der Waals surface area (Å²) in [6, 6.07) is 7.80. The Hall–Kier alpha value is -1.17. The summed E-state index contributed by atoms with van der Waals surface area (Å²) in [5.74, 6) is 7.48. The lowest BCUT2D eigenvalue weighted by atomic mass is 10.2. The smallest absolute Gasteiger partial charge is 0.135 e. The van der Waals surface area contributed by atoms with Crippen LogP contribution in [0.3, 0.4) is 0 Å². The third-order valence-corrected chi connectivity index (χ3v) is 2.58. The van der Waals surface area contributed by atoms with Crippen LogP contribution in [0.5, 0.6) is 5.75 Å². The van der Waals surface area contributed by atoms with Crippen LogP contribution in [0.1, 0.15) is 25.3 Å². The largest absolute Gasteiger partial charge is 0.489 e. The fourth-order valence-corrected chi connectivity index (χ4v) is 1.53. The molecule has 0 amide bonds. The lowest BCUT2D eigenvalue weighted by Gasteiger charge is -2.15. The first-order chi connectivity index (χ1) is 8.77. The van der Waals surface area contributed by atoms with Gasteiger partial charge in [-0.15, -0.1) is 11.6 Å². The van der Waals surface area contributed by atoms with Gasteiger partial charge in [0.25, 0.3) is 0 Å². The second kappa shape index (κ2) is 8.85. The third-order valence-electron chi connectivity index (χ3n) is 2.39. The summed E-state index contributed by atoms with van der Waals surface area (Å²) < 4.78 is 10.9. The average molecular weight is 267 g/mol. The Kier molecular flexibility index (Phi) is 7.32. The van der Waals surface area contributed by atoms with Gasteiger partial charge in [-0.05, 0) is 19.1 Å². The lowest BCUT2D eigenvalue weighted by molar-refractivity contribution is 0.135. The van der Waals surface area contributed by atoms with Crippen LogP contribution in [0.25, 0.3) is 0 Å². The second-order valence-electron chi connectivity index (χ2n) is 3.95. The minimum atomic E-state index is 0.112. The standard InChI is InChI=1S/C15H19ClO2/c1-13(10-12-17-2)18-15-9-4-3-7-14(15)8-5-6-11-16/h3-4,7,9,13H,6,10-12H2,1-2H3. The Morgan fingerprint density at radius 2 is 2.11 bits per heavy atom. The Morgan fingerprint density at radius 3 is 2.83 bits per heavy atom. The van der Waals surface area contributed by atoms with Crippen molar-refractivity contribution < 1.29 is 9.47 Å². The van der Waals surface area contributed by atoms with Crippen molar-refractivity contribution in [1.82, 2.24) is 0 Å². The molecule has 1 atom stereocenters. The van der Waals surface area contributed by atoms with Crippen molar-refractivity contribution in [2.45, 2.75) is 25.9 Å². The molecule has 0 bridgehead atoms. The number of ether oxygens (including phenoxy) is 2. The van der Waals surface area contributed by atoms with Crippen molar-refractivity contribution in [3.63, 3.8) is 0 Å². The summed E-state index contributed by atoms with van der Waals surface area (Å²) in [4.78, 5) is 0. The van der Waals surface area contributed by atoms with E-state index in [0.717, 1.165) is 17.7 Å². The molecule has 0 N–H and O–H groups in total. The fourth-order valence-electron chi connectivity index (χ4n) is 1.44. The molecule has 2 nitrogen and oxygen atoms in total. The van der Waals surface area contributed by atoms with Gasteiger partial charge in [0.05, 0.1) is 11.7 Å². The summed E-state index contributed by atoms with van der Waals surface area (Å²) in [5.41, 5.74) is 0.909. The van der Waals surface area contributed by atoms with Crippen molar-refractivity contribution >= 4 is 11.6 Å². The topological polar surface area (TPSA) is 18.5 Å². The van der Waals surface area contributed by atoms with E-state index in [1.54, 1.807) is 7.11 Å². The van der Waals surface area contributed by atoms with Crippen molar-refractivity contribution in [3.05, 3.63) is 29.8 Å². The number of hydrogen-bond acceptors (Lipinski definition) is 2. The monoisotopic (exact) mass is 266 g/mol. The van der Waals surface area contributed by atoms with Crippen LogP contribution in [0.4, 0.5) is 0 Å². The molecule has 0 aromatic heterocycles. The highest BCUT2D eigenvalue weighted by Crippen LogP contribution is 2.19. The van der Waals surface area contributed by atoms with Gasteiger partial charge >= 0.3 is 0 Å². The van der Waals surface area contributed by atoms with Crippen LogP contribution in [-0.4, -0.2) is 25.7 Å². The van der Waals surface area contributed by atoms with Gasteiger partial charge in [-0.1, -0.05) is 24.0 Å². The molecule has 1 aromatic carbocycles. The molecule has 0 fully saturated rings. The molecule has 0 aliphatic rings. The highest BCUT2D eigenvalue weighted by Gasteiger charge is 2.06. The van der Waals surface area contributed by atoms with E-state index in [0.29, 0.717) is 18.9 Å². The second-order valence-corrected chi connectivity index (χ2v) is 4.32. The maximum atomic E-state index is 5.86. The van der Waals surface area contributed by atoms with Crippen molar-refractivity contribution in [3.8, 4) is 17.6 Å². The molecule has 18 heavy (non-hydrogen) atoms. The minimum Gasteiger partial charge on any atom is -0.489 e. The zero-order valence-corrected chi connectivity index (χ0v) is 11.7. The van der Waals surface area contributed by atoms with Crippen molar-refractivity contribution in [1.29, 1.82) is 0 Å². The zero-order valence-electron chi connectivity index (χ0n) is 10.9. The van der Waals surface area contributed by atoms with E-state index in [4.69, 9.17) is 21.1 Å². The highest BCUT2D eigenvalue weighted by molar-refractivity contribution is 6.18. The number of alkyl halides is 1. The molecule has 1 aromatic rings. The molecule has 1 unspecified atom stereocenters. The van der Waals surface area contributed by atoms with E-state index in [1.165, 1.54) is 0 Å². The first-order valence-electron chi connectivity index (χ1n) is 6.07. The minimum absolute atomic E-state index is 0.112. The summed E-state index contributed by atoms with van der Waals surface area (Å²) in [7, 11) is 1.69. The van der Waals surface area contributed by atoms with E-state index in [-0.39, 0.29) is 6.10 Å². The van der Waals surface area contributed by atoms with E-state index in [1.807, 2.05) is 31.2 Å². The predicted octanol–water partition coefficient (Wildman–Crippen LogP) is 3.47. The van der Waals surface area contributed by atoms with E-state index in [2.05, 4.69) is 11.8 Å². The normalized spacial score (nSPS) is 11.5. The Balaban J connectivity index is 2.67. The molecule has 0 saturated heterocycles. The highest BCUT2D eigenvalue weighted by atomic mass is 35.5. The van der Waals surface area contributed by atoms with Crippen LogP contribution < -0.4 is 4.74 Å². The van der Waals surface area contributed by atoms with Crippen LogP contribution in [0.2, 0.25) is 0 Å². The first kappa shape index (κ1) is 14.9. The molecular weight excluding hydrogens is 248 g/mol. The van der Waals surface area contributed by atoms with Crippen LogP contribution in [-0.2, 0) is 4.74 Å². The Morgan fingerprint density at radius 1 is 1.33 bits per heavy atom. The van der Waals surface area contributed by atoms with E-state index in [9.17, 15) is 0 Å². The van der Waals surface area contributed by atoms with Crippen molar-refractivity contribution in [2.24, 2.45) is 0 Å². The predicted molar refractivity (Wildman–Crippen MR) is 75.2 cm³/mol. The average Bonchev–Trinajstić information content (AvgIpc) is 2.38. The maximum absolute atomic E-state index is 5.86. The van der Waals surface area contributed by atoms with Gasteiger partial charge in [-0.3, -0.25) is 0 Å². The molecule has 0 radical (unpaired) electrons. The summed E-state index contributed by atoms with van der Waals surface area (Å²) in [6.45, 7) is 2.73. The number of methoxy groups -OCH3 is 1. The molecule has 98 valence electrons. The number of hydrogen-bond donors (Lipinski definition) is 0. The Labute approximate surface area is 114 Å². The Bertz CT molecular complexity index is 406. The van der Waals surface area contributed by atoms with Crippen LogP contribution >= 0.6 is 11.6 Å². The molecule has 0 aliphatic carbocycles. The maximum Gasteiger partial charge on any atom is 0.135 e. The van der Waals surface area contributed by atoms with Gasteiger partial charge < -0.3 is 9.47 Å². The van der Waals surface area contributed by atoms with Gasteiger partial charge in [0.1, 0.15) is 5.75 Å². The quantitative estimate of drug-likeness (QED) is 0.580. The van der Waals surface area contributed by atoms with Gasteiger partial charge in [0.15, 0.2) is 0 Å². The van der Waals surface area contributed by atoms with Crippen LogP contribution in [0.15, 0.2) is 24.3 Å². The zero-order chi connectivity index (χ0) is 13.2. The first-order valence-corrected chi connectivity index (χ1v) is 6.61. The van der Waals surface area contributed by atoms with Gasteiger partial charge in [-0.2, -0.15) is 0 Å². The molecular formula is C15H19ClO2. The number of benzene rings is 1. The van der Waals surface area contributed by atoms with Crippen molar-refractivity contribution in [2.75, 3.05) is 19.6 Å². The van der Waals surface area contributed by atoms with Gasteiger partial charge in [0, 0.05) is 32.4 Å². The summed E-state index contributed by atoms with van der Waals surface area (Å²) in [5, 5.41) is 0. The van der Waals surface area contributed by atoms with E-state index >= 15 is 0 Å². The van der Waals surface area contributed by atoms with Crippen LogP contribution in [0, 0.1) is 11.8 Å². The molecule has 3 heteroatoms. The lowest BCUT2D eigenvalue weighted by Crippen LogP contribution is -2.14. The molecule has 0 aliphatic heterocycles. The summed E-state index contributed by atoms with van der Waals surface area (Å²) in [6.07, 6.45) is 1.66. The number of para-hydroxylation sites is 1. The SMILES string of the molecule is COCCC(C)Oc1ccccc1C#CCCCl. The fraction of sp³-hybridized carbons (Fsp3) is 0.467.